The van der Waals surface area contributed by atoms with E-state index in [9.17, 15) is 4.79 Å². The second-order valence-corrected chi connectivity index (χ2v) is 8.33. The number of hydrogen-bond acceptors (Lipinski definition) is 5. The molecule has 4 aromatic rings. The first-order valence-corrected chi connectivity index (χ1v) is 10.8. The van der Waals surface area contributed by atoms with Crippen molar-refractivity contribution in [1.82, 2.24) is 9.97 Å². The Balaban J connectivity index is 1.45. The predicted molar refractivity (Wildman–Crippen MR) is 127 cm³/mol. The van der Waals surface area contributed by atoms with Crippen LogP contribution in [-0.2, 0) is 6.42 Å². The second kappa shape index (κ2) is 8.63. The summed E-state index contributed by atoms with van der Waals surface area (Å²) in [6, 6.07) is 16.0. The standard InChI is InChI=1S/C24H24N4OS/c1-15-9-12-21-20(13-15)23(29)19(17(3)25-21)11-10-16(2)27-28-24-26-22(14-30-24)18-7-5-4-6-8-18/h4-9,12-14H,10-11H2,1-3H3,(H,25,29)(H,26,28). The van der Waals surface area contributed by atoms with E-state index in [-0.39, 0.29) is 5.43 Å². The number of nitrogens with one attached hydrogen (secondary N) is 2. The smallest absolute Gasteiger partial charge is 0.203 e. The van der Waals surface area contributed by atoms with E-state index in [1.165, 1.54) is 11.3 Å². The van der Waals surface area contributed by atoms with Gasteiger partial charge in [-0.1, -0.05) is 42.0 Å². The van der Waals surface area contributed by atoms with Gasteiger partial charge in [0.1, 0.15) is 0 Å². The van der Waals surface area contributed by atoms with E-state index in [1.54, 1.807) is 0 Å². The van der Waals surface area contributed by atoms with E-state index in [0.29, 0.717) is 12.8 Å². The molecule has 0 aliphatic carbocycles. The number of aryl methyl sites for hydroxylation is 2. The number of H-pyrrole nitrogens is 1. The van der Waals surface area contributed by atoms with Gasteiger partial charge in [-0.15, -0.1) is 11.3 Å². The van der Waals surface area contributed by atoms with Gasteiger partial charge in [0, 0.05) is 38.8 Å². The normalized spacial score (nSPS) is 11.8. The molecule has 0 aliphatic rings. The summed E-state index contributed by atoms with van der Waals surface area (Å²) >= 11 is 1.52. The molecule has 0 saturated heterocycles. The Bertz CT molecular complexity index is 1270. The minimum absolute atomic E-state index is 0.109. The quantitative estimate of drug-likeness (QED) is 0.313. The maximum atomic E-state index is 12.9. The van der Waals surface area contributed by atoms with E-state index in [2.05, 4.69) is 20.5 Å². The first kappa shape index (κ1) is 20.0. The van der Waals surface area contributed by atoms with Gasteiger partial charge >= 0.3 is 0 Å². The van der Waals surface area contributed by atoms with Crippen LogP contribution in [0.15, 0.2) is 63.8 Å². The van der Waals surface area contributed by atoms with Crippen LogP contribution in [0.2, 0.25) is 0 Å². The number of nitrogens with zero attached hydrogens (tertiary/aromatic N) is 2. The summed E-state index contributed by atoms with van der Waals surface area (Å²) < 4.78 is 0. The number of anilines is 1. The molecule has 0 unspecified atom stereocenters. The van der Waals surface area contributed by atoms with Crippen molar-refractivity contribution in [3.63, 3.8) is 0 Å². The van der Waals surface area contributed by atoms with E-state index >= 15 is 0 Å². The number of hydrazone groups is 1. The highest BCUT2D eigenvalue weighted by atomic mass is 32.1. The molecule has 0 aliphatic heterocycles. The van der Waals surface area contributed by atoms with Gasteiger partial charge in [0.25, 0.3) is 0 Å². The highest BCUT2D eigenvalue weighted by Gasteiger charge is 2.10. The molecular weight excluding hydrogens is 392 g/mol. The minimum atomic E-state index is 0.109. The number of thiazole rings is 1. The number of rotatable bonds is 6. The van der Waals surface area contributed by atoms with Gasteiger partial charge in [0.15, 0.2) is 5.43 Å². The second-order valence-electron chi connectivity index (χ2n) is 7.47. The Morgan fingerprint density at radius 3 is 2.77 bits per heavy atom. The highest BCUT2D eigenvalue weighted by molar-refractivity contribution is 7.14. The van der Waals surface area contributed by atoms with Gasteiger partial charge in [0.05, 0.1) is 5.69 Å². The molecule has 0 spiro atoms. The summed E-state index contributed by atoms with van der Waals surface area (Å²) in [5.41, 5.74) is 9.82. The SMILES string of the molecule is CC(CCc1c(C)[nH]c2ccc(C)cc2c1=O)=NNc1nc(-c2ccccc2)cs1. The van der Waals surface area contributed by atoms with Crippen molar-refractivity contribution in [1.29, 1.82) is 0 Å². The minimum Gasteiger partial charge on any atom is -0.358 e. The fourth-order valence-corrected chi connectivity index (χ4v) is 4.10. The molecule has 2 aromatic carbocycles. The van der Waals surface area contributed by atoms with Crippen molar-refractivity contribution in [3.05, 3.63) is 81.0 Å². The number of aromatic amines is 1. The third kappa shape index (κ3) is 4.33. The zero-order valence-corrected chi connectivity index (χ0v) is 18.1. The van der Waals surface area contributed by atoms with Crippen molar-refractivity contribution in [3.8, 4) is 11.3 Å². The largest absolute Gasteiger partial charge is 0.358 e. The van der Waals surface area contributed by atoms with Crippen molar-refractivity contribution in [2.75, 3.05) is 5.43 Å². The molecule has 152 valence electrons. The summed E-state index contributed by atoms with van der Waals surface area (Å²) in [6.07, 6.45) is 1.35. The van der Waals surface area contributed by atoms with E-state index in [4.69, 9.17) is 0 Å². The van der Waals surface area contributed by atoms with Crippen LogP contribution in [0.5, 0.6) is 0 Å². The Hall–Kier alpha value is -3.25. The Morgan fingerprint density at radius 1 is 1.17 bits per heavy atom. The molecule has 4 rings (SSSR count). The monoisotopic (exact) mass is 416 g/mol. The van der Waals surface area contributed by atoms with Gasteiger partial charge in [-0.3, -0.25) is 10.2 Å². The summed E-state index contributed by atoms with van der Waals surface area (Å²) in [4.78, 5) is 20.9. The highest BCUT2D eigenvalue weighted by Crippen LogP contribution is 2.24. The number of hydrogen-bond donors (Lipinski definition) is 2. The fraction of sp³-hybridized carbons (Fsp3) is 0.208. The predicted octanol–water partition coefficient (Wildman–Crippen LogP) is 5.69. The molecule has 6 heteroatoms. The van der Waals surface area contributed by atoms with Crippen LogP contribution >= 0.6 is 11.3 Å². The van der Waals surface area contributed by atoms with Crippen LogP contribution in [0, 0.1) is 13.8 Å². The van der Waals surface area contributed by atoms with Gasteiger partial charge in [-0.05, 0) is 45.7 Å². The number of benzene rings is 2. The average Bonchev–Trinajstić information content (AvgIpc) is 3.22. The molecule has 2 heterocycles. The summed E-state index contributed by atoms with van der Waals surface area (Å²) in [7, 11) is 0. The average molecular weight is 417 g/mol. The topological polar surface area (TPSA) is 70.1 Å². The molecule has 5 nitrogen and oxygen atoms in total. The van der Waals surface area contributed by atoms with Crippen molar-refractivity contribution in [2.24, 2.45) is 5.10 Å². The summed E-state index contributed by atoms with van der Waals surface area (Å²) in [5, 5.41) is 7.97. The Labute approximate surface area is 179 Å². The lowest BCUT2D eigenvalue weighted by molar-refractivity contribution is 0.978. The number of fused-ring (bicyclic) bond motifs is 1. The molecule has 0 atom stereocenters. The third-order valence-corrected chi connectivity index (χ3v) is 5.87. The molecule has 30 heavy (non-hydrogen) atoms. The van der Waals surface area contributed by atoms with Gasteiger partial charge in [-0.25, -0.2) is 4.98 Å². The van der Waals surface area contributed by atoms with Crippen molar-refractivity contribution >= 4 is 33.1 Å². The van der Waals surface area contributed by atoms with Crippen LogP contribution in [-0.4, -0.2) is 15.7 Å². The lowest BCUT2D eigenvalue weighted by atomic mass is 10.0. The molecule has 0 fully saturated rings. The zero-order chi connectivity index (χ0) is 21.1. The molecule has 0 saturated carbocycles. The van der Waals surface area contributed by atoms with Gasteiger partial charge in [0.2, 0.25) is 5.13 Å². The van der Waals surface area contributed by atoms with Crippen LogP contribution in [0.3, 0.4) is 0 Å². The molecule has 2 N–H and O–H groups in total. The van der Waals surface area contributed by atoms with Crippen molar-refractivity contribution in [2.45, 2.75) is 33.6 Å². The third-order valence-electron chi connectivity index (χ3n) is 5.12. The van der Waals surface area contributed by atoms with Gasteiger partial charge in [-0.2, -0.15) is 5.10 Å². The van der Waals surface area contributed by atoms with Crippen LogP contribution in [0.25, 0.3) is 22.2 Å². The number of pyridine rings is 1. The van der Waals surface area contributed by atoms with E-state index < -0.39 is 0 Å². The van der Waals surface area contributed by atoms with E-state index in [0.717, 1.165) is 49.8 Å². The Morgan fingerprint density at radius 2 is 1.97 bits per heavy atom. The molecule has 0 radical (unpaired) electrons. The lowest BCUT2D eigenvalue weighted by Crippen LogP contribution is -2.15. The first-order chi connectivity index (χ1) is 14.5. The summed E-state index contributed by atoms with van der Waals surface area (Å²) in [6.45, 7) is 5.93. The van der Waals surface area contributed by atoms with Gasteiger partial charge < -0.3 is 4.98 Å². The molecule has 2 aromatic heterocycles. The summed E-state index contributed by atoms with van der Waals surface area (Å²) in [5.74, 6) is 0. The Kier molecular flexibility index (Phi) is 5.77. The van der Waals surface area contributed by atoms with Crippen molar-refractivity contribution < 1.29 is 0 Å². The van der Waals surface area contributed by atoms with Crippen LogP contribution in [0.1, 0.15) is 30.2 Å². The lowest BCUT2D eigenvalue weighted by Gasteiger charge is -2.09. The van der Waals surface area contributed by atoms with Crippen LogP contribution in [0.4, 0.5) is 5.13 Å². The maximum absolute atomic E-state index is 12.9. The maximum Gasteiger partial charge on any atom is 0.203 e. The molecule has 0 amide bonds. The molecule has 0 bridgehead atoms. The zero-order valence-electron chi connectivity index (χ0n) is 17.3. The first-order valence-electron chi connectivity index (χ1n) is 9.93. The van der Waals surface area contributed by atoms with Crippen LogP contribution < -0.4 is 10.9 Å². The fourth-order valence-electron chi connectivity index (χ4n) is 3.44. The van der Waals surface area contributed by atoms with E-state index in [1.807, 2.05) is 74.7 Å². The molecular formula is C24H24N4OS. The number of aromatic nitrogens is 2.